The van der Waals surface area contributed by atoms with E-state index in [2.05, 4.69) is 10.6 Å². The van der Waals surface area contributed by atoms with E-state index < -0.39 is 24.7 Å². The molecule has 1 fully saturated rings. The molecular weight excluding hydrogens is 311 g/mol. The standard InChI is InChI=1S/C15H20F3N3O2/c1-23-12-5-3-2-4-11(12)14(22)20-10-13(15(16,17)18)21-8-6-19-7-9-21/h2-5,13,19H,6-10H2,1H3,(H,20,22). The smallest absolute Gasteiger partial charge is 0.405 e. The van der Waals surface area contributed by atoms with Crippen LogP contribution in [-0.4, -0.2) is 62.9 Å². The Labute approximate surface area is 132 Å². The zero-order valence-corrected chi connectivity index (χ0v) is 12.8. The van der Waals surface area contributed by atoms with E-state index in [4.69, 9.17) is 4.74 Å². The molecule has 0 aliphatic carbocycles. The largest absolute Gasteiger partial charge is 0.496 e. The Morgan fingerprint density at radius 3 is 2.61 bits per heavy atom. The average molecular weight is 331 g/mol. The molecule has 1 unspecified atom stereocenters. The van der Waals surface area contributed by atoms with Gasteiger partial charge in [-0.1, -0.05) is 12.1 Å². The van der Waals surface area contributed by atoms with E-state index in [1.54, 1.807) is 18.2 Å². The van der Waals surface area contributed by atoms with Gasteiger partial charge in [0.1, 0.15) is 11.8 Å². The number of hydrogen-bond donors (Lipinski definition) is 2. The number of nitrogens with zero attached hydrogens (tertiary/aromatic N) is 1. The second-order valence-electron chi connectivity index (χ2n) is 5.25. The van der Waals surface area contributed by atoms with Crippen LogP contribution in [0.15, 0.2) is 24.3 Å². The lowest BCUT2D eigenvalue weighted by molar-refractivity contribution is -0.183. The molecule has 1 aliphatic heterocycles. The summed E-state index contributed by atoms with van der Waals surface area (Å²) in [5.74, 6) is -0.248. The summed E-state index contributed by atoms with van der Waals surface area (Å²) in [5, 5.41) is 5.39. The fraction of sp³-hybridized carbons (Fsp3) is 0.533. The van der Waals surface area contributed by atoms with Crippen LogP contribution >= 0.6 is 0 Å². The van der Waals surface area contributed by atoms with Gasteiger partial charge in [0.15, 0.2) is 0 Å². The number of alkyl halides is 3. The first-order valence-corrected chi connectivity index (χ1v) is 7.36. The maximum atomic E-state index is 13.3. The summed E-state index contributed by atoms with van der Waals surface area (Å²) in [6, 6.07) is 4.74. The van der Waals surface area contributed by atoms with E-state index >= 15 is 0 Å². The van der Waals surface area contributed by atoms with Crippen molar-refractivity contribution in [1.82, 2.24) is 15.5 Å². The van der Waals surface area contributed by atoms with Gasteiger partial charge in [0.25, 0.3) is 5.91 Å². The molecule has 128 valence electrons. The molecule has 1 heterocycles. The first-order valence-electron chi connectivity index (χ1n) is 7.36. The molecule has 2 N–H and O–H groups in total. The Balaban J connectivity index is 2.04. The maximum absolute atomic E-state index is 13.3. The van der Waals surface area contributed by atoms with Crippen molar-refractivity contribution >= 4 is 5.91 Å². The molecule has 1 aliphatic rings. The Morgan fingerprint density at radius 2 is 2.00 bits per heavy atom. The first kappa shape index (κ1) is 17.6. The number of amides is 1. The summed E-state index contributed by atoms with van der Waals surface area (Å²) in [4.78, 5) is 13.5. The molecule has 5 nitrogen and oxygen atoms in total. The van der Waals surface area contributed by atoms with Crippen LogP contribution in [0.4, 0.5) is 13.2 Å². The molecule has 23 heavy (non-hydrogen) atoms. The molecule has 1 aromatic carbocycles. The quantitative estimate of drug-likeness (QED) is 0.853. The van der Waals surface area contributed by atoms with Crippen LogP contribution in [0.5, 0.6) is 5.75 Å². The number of para-hydroxylation sites is 1. The number of ether oxygens (including phenoxy) is 1. The fourth-order valence-corrected chi connectivity index (χ4v) is 2.56. The third-order valence-corrected chi connectivity index (χ3v) is 3.78. The normalized spacial score (nSPS) is 17.6. The topological polar surface area (TPSA) is 53.6 Å². The SMILES string of the molecule is COc1ccccc1C(=O)NCC(N1CCNCC1)C(F)(F)F. The minimum Gasteiger partial charge on any atom is -0.496 e. The second kappa shape index (κ2) is 7.65. The third-order valence-electron chi connectivity index (χ3n) is 3.78. The van der Waals surface area contributed by atoms with Gasteiger partial charge in [0, 0.05) is 32.7 Å². The third kappa shape index (κ3) is 4.59. The number of rotatable bonds is 5. The number of benzene rings is 1. The highest BCUT2D eigenvalue weighted by molar-refractivity contribution is 5.96. The van der Waals surface area contributed by atoms with Crippen LogP contribution in [-0.2, 0) is 0 Å². The van der Waals surface area contributed by atoms with E-state index in [9.17, 15) is 18.0 Å². The number of carbonyl (C=O) groups excluding carboxylic acids is 1. The minimum absolute atomic E-state index is 0.219. The molecule has 2 rings (SSSR count). The van der Waals surface area contributed by atoms with Gasteiger partial charge in [-0.15, -0.1) is 0 Å². The number of nitrogens with one attached hydrogen (secondary N) is 2. The van der Waals surface area contributed by atoms with E-state index in [1.165, 1.54) is 18.1 Å². The van der Waals surface area contributed by atoms with Gasteiger partial charge in [0.05, 0.1) is 12.7 Å². The first-order chi connectivity index (χ1) is 10.9. The summed E-state index contributed by atoms with van der Waals surface area (Å²) < 4.78 is 44.8. The van der Waals surface area contributed by atoms with E-state index in [-0.39, 0.29) is 5.56 Å². The van der Waals surface area contributed by atoms with Gasteiger partial charge >= 0.3 is 6.18 Å². The molecule has 0 saturated carbocycles. The monoisotopic (exact) mass is 331 g/mol. The van der Waals surface area contributed by atoms with Crippen molar-refractivity contribution in [3.63, 3.8) is 0 Å². The molecular formula is C15H20F3N3O2. The van der Waals surface area contributed by atoms with Gasteiger partial charge < -0.3 is 15.4 Å². The Bertz CT molecular complexity index is 531. The summed E-state index contributed by atoms with van der Waals surface area (Å²) >= 11 is 0. The van der Waals surface area contributed by atoms with Crippen molar-refractivity contribution in [2.24, 2.45) is 0 Å². The van der Waals surface area contributed by atoms with Crippen molar-refractivity contribution in [3.05, 3.63) is 29.8 Å². The van der Waals surface area contributed by atoms with Crippen molar-refractivity contribution in [1.29, 1.82) is 0 Å². The van der Waals surface area contributed by atoms with Crippen molar-refractivity contribution < 1.29 is 22.7 Å². The number of methoxy groups -OCH3 is 1. The molecule has 0 aromatic heterocycles. The molecule has 0 radical (unpaired) electrons. The highest BCUT2D eigenvalue weighted by Gasteiger charge is 2.43. The lowest BCUT2D eigenvalue weighted by atomic mass is 10.1. The Kier molecular flexibility index (Phi) is 5.84. The van der Waals surface area contributed by atoms with Crippen LogP contribution in [0, 0.1) is 0 Å². The predicted molar refractivity (Wildman–Crippen MR) is 79.6 cm³/mol. The minimum atomic E-state index is -4.40. The molecule has 8 heteroatoms. The zero-order chi connectivity index (χ0) is 16.9. The number of piperazine rings is 1. The van der Waals surface area contributed by atoms with Crippen molar-refractivity contribution in [2.75, 3.05) is 39.8 Å². The highest BCUT2D eigenvalue weighted by Crippen LogP contribution is 2.25. The van der Waals surface area contributed by atoms with Crippen LogP contribution in [0.1, 0.15) is 10.4 Å². The molecule has 1 atom stereocenters. The van der Waals surface area contributed by atoms with E-state index in [0.29, 0.717) is 31.9 Å². The molecule has 0 spiro atoms. The van der Waals surface area contributed by atoms with Gasteiger partial charge in [-0.2, -0.15) is 13.2 Å². The van der Waals surface area contributed by atoms with Crippen LogP contribution in [0.2, 0.25) is 0 Å². The Morgan fingerprint density at radius 1 is 1.35 bits per heavy atom. The number of halogens is 3. The van der Waals surface area contributed by atoms with Gasteiger partial charge in [-0.25, -0.2) is 0 Å². The van der Waals surface area contributed by atoms with E-state index in [0.717, 1.165) is 0 Å². The summed E-state index contributed by atoms with van der Waals surface area (Å²) in [7, 11) is 1.41. The van der Waals surface area contributed by atoms with Gasteiger partial charge in [-0.3, -0.25) is 9.69 Å². The second-order valence-corrected chi connectivity index (χ2v) is 5.25. The molecule has 1 aromatic rings. The zero-order valence-electron chi connectivity index (χ0n) is 12.8. The van der Waals surface area contributed by atoms with Crippen LogP contribution in [0.25, 0.3) is 0 Å². The Hall–Kier alpha value is -1.80. The maximum Gasteiger partial charge on any atom is 0.405 e. The number of hydrogen-bond acceptors (Lipinski definition) is 4. The lowest BCUT2D eigenvalue weighted by Gasteiger charge is -2.35. The van der Waals surface area contributed by atoms with Gasteiger partial charge in [0.2, 0.25) is 0 Å². The highest BCUT2D eigenvalue weighted by atomic mass is 19.4. The van der Waals surface area contributed by atoms with E-state index in [1.807, 2.05) is 0 Å². The summed E-state index contributed by atoms with van der Waals surface area (Å²) in [5.41, 5.74) is 0.219. The predicted octanol–water partition coefficient (Wildman–Crippen LogP) is 1.26. The summed E-state index contributed by atoms with van der Waals surface area (Å²) in [6.45, 7) is 1.13. The van der Waals surface area contributed by atoms with Crippen LogP contribution < -0.4 is 15.4 Å². The van der Waals surface area contributed by atoms with Crippen molar-refractivity contribution in [3.8, 4) is 5.75 Å². The number of carbonyl (C=O) groups is 1. The average Bonchev–Trinajstić information content (AvgIpc) is 2.54. The molecule has 0 bridgehead atoms. The lowest BCUT2D eigenvalue weighted by Crippen LogP contribution is -2.57. The molecule has 1 amide bonds. The van der Waals surface area contributed by atoms with Gasteiger partial charge in [-0.05, 0) is 12.1 Å². The summed E-state index contributed by atoms with van der Waals surface area (Å²) in [6.07, 6.45) is -4.40. The van der Waals surface area contributed by atoms with Crippen LogP contribution in [0.3, 0.4) is 0 Å². The van der Waals surface area contributed by atoms with Crippen molar-refractivity contribution in [2.45, 2.75) is 12.2 Å². The molecule has 1 saturated heterocycles. The fourth-order valence-electron chi connectivity index (χ4n) is 2.56.